The summed E-state index contributed by atoms with van der Waals surface area (Å²) in [4.78, 5) is 28.1. The van der Waals surface area contributed by atoms with E-state index in [0.717, 1.165) is 5.01 Å². The van der Waals surface area contributed by atoms with Gasteiger partial charge >= 0.3 is 5.97 Å². The first-order valence-electron chi connectivity index (χ1n) is 8.22. The Morgan fingerprint density at radius 2 is 2.18 bits per heavy atom. The van der Waals surface area contributed by atoms with Crippen LogP contribution in [0.4, 0.5) is 0 Å². The molecule has 0 unspecified atom stereocenters. The molecular weight excluding hydrogens is 382 g/mol. The molecule has 1 aromatic carbocycles. The molecular formula is C19H17N3O5S. The van der Waals surface area contributed by atoms with Crippen molar-refractivity contribution in [2.24, 2.45) is 5.10 Å². The molecule has 2 heterocycles. The molecule has 0 aliphatic carbocycles. The molecule has 0 spiro atoms. The molecule has 9 heteroatoms. The molecule has 0 fully saturated rings. The number of nitrogens with zero attached hydrogens (tertiary/aromatic N) is 2. The number of amides is 1. The van der Waals surface area contributed by atoms with E-state index in [1.165, 1.54) is 37.0 Å². The van der Waals surface area contributed by atoms with E-state index in [2.05, 4.69) is 15.5 Å². The molecule has 0 atom stereocenters. The first-order valence-corrected chi connectivity index (χ1v) is 9.10. The number of furan rings is 1. The quantitative estimate of drug-likeness (QED) is 0.284. The Morgan fingerprint density at radius 1 is 1.32 bits per heavy atom. The molecule has 1 N–H and O–H groups in total. The van der Waals surface area contributed by atoms with E-state index in [-0.39, 0.29) is 23.8 Å². The van der Waals surface area contributed by atoms with E-state index in [9.17, 15) is 9.59 Å². The Bertz CT molecular complexity index is 995. The Hall–Kier alpha value is -3.46. The number of aryl methyl sites for hydroxylation is 1. The number of nitrogens with one attached hydrogen (secondary N) is 1. The number of ether oxygens (including phenoxy) is 2. The molecule has 3 aromatic rings. The van der Waals surface area contributed by atoms with E-state index < -0.39 is 5.97 Å². The maximum Gasteiger partial charge on any atom is 0.379 e. The molecule has 0 saturated heterocycles. The van der Waals surface area contributed by atoms with Gasteiger partial charge in [-0.15, -0.1) is 11.3 Å². The number of thiazole rings is 1. The van der Waals surface area contributed by atoms with Crippen molar-refractivity contribution >= 4 is 29.4 Å². The standard InChI is InChI=1S/C19H17N3O5S/c1-12-21-14(11-28-12)9-18(23)22-20-10-13-5-6-15(17(8-13)25-2)27-19(24)16-4-3-7-26-16/h3-8,10-11H,9H2,1-2H3,(H,22,23). The van der Waals surface area contributed by atoms with Gasteiger partial charge in [-0.25, -0.2) is 15.2 Å². The third-order valence-corrected chi connectivity index (χ3v) is 4.35. The summed E-state index contributed by atoms with van der Waals surface area (Å²) in [6.07, 6.45) is 3.01. The van der Waals surface area contributed by atoms with Crippen molar-refractivity contribution in [2.45, 2.75) is 13.3 Å². The lowest BCUT2D eigenvalue weighted by Gasteiger charge is -2.09. The zero-order valence-corrected chi connectivity index (χ0v) is 16.0. The Balaban J connectivity index is 1.60. The number of hydrazone groups is 1. The second-order valence-corrected chi connectivity index (χ2v) is 6.67. The second kappa shape index (κ2) is 8.96. The van der Waals surface area contributed by atoms with Gasteiger partial charge in [-0.2, -0.15) is 5.10 Å². The van der Waals surface area contributed by atoms with Gasteiger partial charge in [-0.1, -0.05) is 0 Å². The van der Waals surface area contributed by atoms with Gasteiger partial charge in [0, 0.05) is 5.38 Å². The summed E-state index contributed by atoms with van der Waals surface area (Å²) >= 11 is 1.49. The van der Waals surface area contributed by atoms with Gasteiger partial charge in [-0.05, 0) is 42.8 Å². The highest BCUT2D eigenvalue weighted by atomic mass is 32.1. The Kier molecular flexibility index (Phi) is 6.18. The number of carbonyl (C=O) groups is 2. The first-order chi connectivity index (χ1) is 13.5. The lowest BCUT2D eigenvalue weighted by Crippen LogP contribution is -2.19. The molecule has 0 saturated carbocycles. The molecule has 3 rings (SSSR count). The number of hydrogen-bond donors (Lipinski definition) is 1. The van der Waals surface area contributed by atoms with Crippen LogP contribution in [0.15, 0.2) is 51.5 Å². The van der Waals surface area contributed by atoms with Crippen LogP contribution in [0.3, 0.4) is 0 Å². The maximum atomic E-state index is 12.0. The molecule has 0 aliphatic rings. The van der Waals surface area contributed by atoms with Crippen LogP contribution in [-0.2, 0) is 11.2 Å². The summed E-state index contributed by atoms with van der Waals surface area (Å²) in [5.41, 5.74) is 3.81. The van der Waals surface area contributed by atoms with Gasteiger partial charge < -0.3 is 13.9 Å². The van der Waals surface area contributed by atoms with Crippen LogP contribution < -0.4 is 14.9 Å². The normalized spacial score (nSPS) is 10.8. The third-order valence-electron chi connectivity index (χ3n) is 3.52. The fourth-order valence-corrected chi connectivity index (χ4v) is 2.88. The van der Waals surface area contributed by atoms with Crippen molar-refractivity contribution in [1.29, 1.82) is 0 Å². The largest absolute Gasteiger partial charge is 0.493 e. The van der Waals surface area contributed by atoms with Crippen LogP contribution in [0.25, 0.3) is 0 Å². The van der Waals surface area contributed by atoms with Crippen molar-refractivity contribution < 1.29 is 23.5 Å². The van der Waals surface area contributed by atoms with Crippen LogP contribution in [0.2, 0.25) is 0 Å². The van der Waals surface area contributed by atoms with Crippen molar-refractivity contribution in [3.05, 3.63) is 64.0 Å². The predicted octanol–water partition coefficient (Wildman–Crippen LogP) is 2.97. The highest BCUT2D eigenvalue weighted by Crippen LogP contribution is 2.28. The van der Waals surface area contributed by atoms with E-state index in [1.54, 1.807) is 24.3 Å². The number of benzene rings is 1. The molecule has 1 amide bonds. The molecule has 8 nitrogen and oxygen atoms in total. The lowest BCUT2D eigenvalue weighted by atomic mass is 10.2. The fraction of sp³-hybridized carbons (Fsp3) is 0.158. The summed E-state index contributed by atoms with van der Waals surface area (Å²) in [5.74, 6) is -0.227. The summed E-state index contributed by atoms with van der Waals surface area (Å²) in [6, 6.07) is 7.97. The first kappa shape index (κ1) is 19.3. The number of aromatic nitrogens is 1. The van der Waals surface area contributed by atoms with Gasteiger partial charge in [0.25, 0.3) is 0 Å². The summed E-state index contributed by atoms with van der Waals surface area (Å²) in [6.45, 7) is 1.88. The molecule has 0 aliphatic heterocycles. The van der Waals surface area contributed by atoms with Crippen molar-refractivity contribution in [3.8, 4) is 11.5 Å². The molecule has 0 radical (unpaired) electrons. The molecule has 144 valence electrons. The average molecular weight is 399 g/mol. The lowest BCUT2D eigenvalue weighted by molar-refractivity contribution is -0.120. The molecule has 28 heavy (non-hydrogen) atoms. The van der Waals surface area contributed by atoms with E-state index in [0.29, 0.717) is 17.0 Å². The van der Waals surface area contributed by atoms with Crippen LogP contribution in [-0.4, -0.2) is 30.2 Å². The predicted molar refractivity (Wildman–Crippen MR) is 103 cm³/mol. The number of rotatable bonds is 7. The molecule has 2 aromatic heterocycles. The SMILES string of the molecule is COc1cc(C=NNC(=O)Cc2csc(C)n2)ccc1OC(=O)c1ccco1. The van der Waals surface area contributed by atoms with Gasteiger partial charge in [0.1, 0.15) is 0 Å². The van der Waals surface area contributed by atoms with Crippen molar-refractivity contribution in [2.75, 3.05) is 7.11 Å². The van der Waals surface area contributed by atoms with Gasteiger partial charge in [0.05, 0.1) is 36.7 Å². The van der Waals surface area contributed by atoms with Crippen molar-refractivity contribution in [3.63, 3.8) is 0 Å². The Labute approximate surface area is 164 Å². The minimum atomic E-state index is -0.630. The third kappa shape index (κ3) is 5.04. The highest BCUT2D eigenvalue weighted by Gasteiger charge is 2.15. The second-order valence-electron chi connectivity index (χ2n) is 5.60. The van der Waals surface area contributed by atoms with Crippen LogP contribution in [0.1, 0.15) is 26.8 Å². The number of esters is 1. The monoisotopic (exact) mass is 399 g/mol. The van der Waals surface area contributed by atoms with Crippen molar-refractivity contribution in [1.82, 2.24) is 10.4 Å². The van der Waals surface area contributed by atoms with Crippen LogP contribution >= 0.6 is 11.3 Å². The summed E-state index contributed by atoms with van der Waals surface area (Å²) in [7, 11) is 1.46. The van der Waals surface area contributed by atoms with Gasteiger partial charge in [0.15, 0.2) is 11.5 Å². The average Bonchev–Trinajstić information content (AvgIpc) is 3.34. The minimum Gasteiger partial charge on any atom is -0.493 e. The van der Waals surface area contributed by atoms with Gasteiger partial charge in [0.2, 0.25) is 11.7 Å². The number of carbonyl (C=O) groups excluding carboxylic acids is 2. The van der Waals surface area contributed by atoms with E-state index in [4.69, 9.17) is 13.9 Å². The zero-order valence-electron chi connectivity index (χ0n) is 15.2. The van der Waals surface area contributed by atoms with Crippen LogP contribution in [0, 0.1) is 6.92 Å². The molecule has 0 bridgehead atoms. The zero-order chi connectivity index (χ0) is 19.9. The summed E-state index contributed by atoms with van der Waals surface area (Å²) < 4.78 is 15.5. The van der Waals surface area contributed by atoms with Crippen LogP contribution in [0.5, 0.6) is 11.5 Å². The van der Waals surface area contributed by atoms with E-state index in [1.807, 2.05) is 12.3 Å². The van der Waals surface area contributed by atoms with Gasteiger partial charge in [-0.3, -0.25) is 4.79 Å². The fourth-order valence-electron chi connectivity index (χ4n) is 2.27. The van der Waals surface area contributed by atoms with E-state index >= 15 is 0 Å². The topological polar surface area (TPSA) is 103 Å². The number of hydrogen-bond acceptors (Lipinski definition) is 8. The Morgan fingerprint density at radius 3 is 2.86 bits per heavy atom. The summed E-state index contributed by atoms with van der Waals surface area (Å²) in [5, 5.41) is 6.67. The number of methoxy groups -OCH3 is 1. The highest BCUT2D eigenvalue weighted by molar-refractivity contribution is 7.09. The maximum absolute atomic E-state index is 12.0. The smallest absolute Gasteiger partial charge is 0.379 e. The minimum absolute atomic E-state index is 0.0886.